The molecule has 0 spiro atoms. The largest absolute Gasteiger partial charge is 0.324 e. The minimum absolute atomic E-state index is 0.124. The Morgan fingerprint density at radius 1 is 1.36 bits per heavy atom. The lowest BCUT2D eigenvalue weighted by Gasteiger charge is -2.15. The van der Waals surface area contributed by atoms with Crippen LogP contribution in [0, 0.1) is 13.8 Å². The Morgan fingerprint density at radius 2 is 2.00 bits per heavy atom. The third-order valence-corrected chi connectivity index (χ3v) is 3.01. The van der Waals surface area contributed by atoms with E-state index < -0.39 is 5.54 Å². The highest BCUT2D eigenvalue weighted by molar-refractivity contribution is 6.06. The Morgan fingerprint density at radius 3 is 2.64 bits per heavy atom. The van der Waals surface area contributed by atoms with E-state index in [4.69, 9.17) is 5.73 Å². The molecule has 1 heterocycles. The molecule has 1 aliphatic rings. The van der Waals surface area contributed by atoms with Gasteiger partial charge < -0.3 is 11.1 Å². The van der Waals surface area contributed by atoms with Gasteiger partial charge in [-0.15, -0.1) is 0 Å². The van der Waals surface area contributed by atoms with E-state index in [9.17, 15) is 4.79 Å². The number of amides is 1. The summed E-state index contributed by atoms with van der Waals surface area (Å²) < 4.78 is 0. The van der Waals surface area contributed by atoms with Crippen LogP contribution in [0.4, 0.5) is 5.69 Å². The van der Waals surface area contributed by atoms with Crippen LogP contribution < -0.4 is 11.1 Å². The summed E-state index contributed by atoms with van der Waals surface area (Å²) in [5.41, 5.74) is 9.11. The number of hydrogen-bond donors (Lipinski definition) is 2. The predicted molar refractivity (Wildman–Crippen MR) is 56.1 cm³/mol. The van der Waals surface area contributed by atoms with E-state index in [0.29, 0.717) is 0 Å². The summed E-state index contributed by atoms with van der Waals surface area (Å²) in [6, 6.07) is 3.93. The Balaban J connectivity index is 2.70. The molecule has 74 valence electrons. The first-order valence-electron chi connectivity index (χ1n) is 4.65. The van der Waals surface area contributed by atoms with Gasteiger partial charge in [-0.1, -0.05) is 12.1 Å². The van der Waals surface area contributed by atoms with Crippen LogP contribution in [0.15, 0.2) is 12.1 Å². The van der Waals surface area contributed by atoms with E-state index in [0.717, 1.165) is 16.8 Å². The van der Waals surface area contributed by atoms with Crippen molar-refractivity contribution in [3.63, 3.8) is 0 Å². The van der Waals surface area contributed by atoms with E-state index in [2.05, 4.69) is 5.32 Å². The third-order valence-electron chi connectivity index (χ3n) is 3.01. The molecule has 1 aliphatic heterocycles. The van der Waals surface area contributed by atoms with Crippen molar-refractivity contribution in [1.29, 1.82) is 0 Å². The van der Waals surface area contributed by atoms with Crippen molar-refractivity contribution in [2.24, 2.45) is 5.73 Å². The summed E-state index contributed by atoms with van der Waals surface area (Å²) in [5.74, 6) is -0.124. The topological polar surface area (TPSA) is 55.1 Å². The molecular formula is C11H14N2O. The number of carbonyl (C=O) groups is 1. The molecule has 1 aromatic rings. The predicted octanol–water partition coefficient (Wildman–Crippen LogP) is 1.43. The van der Waals surface area contributed by atoms with Gasteiger partial charge in [0.15, 0.2) is 0 Å². The van der Waals surface area contributed by atoms with Crippen LogP contribution in [0.2, 0.25) is 0 Å². The Labute approximate surface area is 83.3 Å². The first kappa shape index (κ1) is 9.21. The van der Waals surface area contributed by atoms with Gasteiger partial charge in [-0.2, -0.15) is 0 Å². The van der Waals surface area contributed by atoms with E-state index in [1.165, 1.54) is 5.56 Å². The molecule has 0 bridgehead atoms. The molecule has 3 N–H and O–H groups in total. The molecule has 1 amide bonds. The molecule has 0 fully saturated rings. The number of nitrogens with two attached hydrogens (primary N) is 1. The molecule has 3 heteroatoms. The number of fused-ring (bicyclic) bond motifs is 1. The molecule has 1 atom stereocenters. The molecule has 0 aliphatic carbocycles. The number of aryl methyl sites for hydroxylation is 1. The van der Waals surface area contributed by atoms with Crippen LogP contribution in [0.1, 0.15) is 23.6 Å². The summed E-state index contributed by atoms with van der Waals surface area (Å²) in [6.45, 7) is 5.76. The standard InChI is InChI=1S/C11H14N2O/c1-6-4-5-8-9(7(6)2)13-10(14)11(8,3)12/h4-5H,12H2,1-3H3,(H,13,14)/t11-/m0/s1. The van der Waals surface area contributed by atoms with Gasteiger partial charge in [0.2, 0.25) is 5.91 Å². The number of benzene rings is 1. The second-order valence-electron chi connectivity index (χ2n) is 4.09. The smallest absolute Gasteiger partial charge is 0.248 e. The maximum Gasteiger partial charge on any atom is 0.248 e. The second kappa shape index (κ2) is 2.58. The lowest BCUT2D eigenvalue weighted by atomic mass is 9.92. The minimum Gasteiger partial charge on any atom is -0.324 e. The fourth-order valence-corrected chi connectivity index (χ4v) is 1.78. The van der Waals surface area contributed by atoms with Crippen LogP contribution >= 0.6 is 0 Å². The Kier molecular flexibility index (Phi) is 1.70. The summed E-state index contributed by atoms with van der Waals surface area (Å²) in [5, 5.41) is 2.83. The number of anilines is 1. The quantitative estimate of drug-likeness (QED) is 0.650. The van der Waals surface area contributed by atoms with E-state index in [1.807, 2.05) is 26.0 Å². The molecule has 0 saturated heterocycles. The normalized spacial score (nSPS) is 24.7. The average molecular weight is 190 g/mol. The highest BCUT2D eigenvalue weighted by atomic mass is 16.2. The van der Waals surface area contributed by atoms with Gasteiger partial charge in [-0.05, 0) is 31.9 Å². The fraction of sp³-hybridized carbons (Fsp3) is 0.364. The van der Waals surface area contributed by atoms with Gasteiger partial charge in [0.25, 0.3) is 0 Å². The molecular weight excluding hydrogens is 176 g/mol. The van der Waals surface area contributed by atoms with E-state index >= 15 is 0 Å². The van der Waals surface area contributed by atoms with Gasteiger partial charge in [0.1, 0.15) is 5.54 Å². The SMILES string of the molecule is Cc1ccc2c(c1C)NC(=O)[C@@]2(C)N. The van der Waals surface area contributed by atoms with Crippen LogP contribution in [0.5, 0.6) is 0 Å². The summed E-state index contributed by atoms with van der Waals surface area (Å²) >= 11 is 0. The van der Waals surface area contributed by atoms with Crippen molar-refractivity contribution in [2.75, 3.05) is 5.32 Å². The van der Waals surface area contributed by atoms with Gasteiger partial charge in [-0.3, -0.25) is 4.79 Å². The monoisotopic (exact) mass is 190 g/mol. The van der Waals surface area contributed by atoms with Crippen molar-refractivity contribution >= 4 is 11.6 Å². The maximum absolute atomic E-state index is 11.6. The summed E-state index contributed by atoms with van der Waals surface area (Å²) in [4.78, 5) is 11.6. The zero-order chi connectivity index (χ0) is 10.5. The van der Waals surface area contributed by atoms with Gasteiger partial charge in [-0.25, -0.2) is 0 Å². The van der Waals surface area contributed by atoms with E-state index in [1.54, 1.807) is 6.92 Å². The van der Waals surface area contributed by atoms with Crippen molar-refractivity contribution in [3.8, 4) is 0 Å². The third kappa shape index (κ3) is 0.990. The number of carbonyl (C=O) groups excluding carboxylic acids is 1. The zero-order valence-electron chi connectivity index (χ0n) is 8.64. The minimum atomic E-state index is -0.881. The Hall–Kier alpha value is -1.35. The van der Waals surface area contributed by atoms with Crippen LogP contribution in [-0.2, 0) is 10.3 Å². The number of nitrogens with one attached hydrogen (secondary N) is 1. The summed E-state index contributed by atoms with van der Waals surface area (Å²) in [6.07, 6.45) is 0. The molecule has 3 nitrogen and oxygen atoms in total. The molecule has 2 rings (SSSR count). The molecule has 14 heavy (non-hydrogen) atoms. The highest BCUT2D eigenvalue weighted by Crippen LogP contribution is 2.36. The van der Waals surface area contributed by atoms with Gasteiger partial charge >= 0.3 is 0 Å². The first-order valence-corrected chi connectivity index (χ1v) is 4.65. The Bertz CT molecular complexity index is 422. The first-order chi connectivity index (χ1) is 6.44. The second-order valence-corrected chi connectivity index (χ2v) is 4.09. The molecule has 0 radical (unpaired) electrons. The van der Waals surface area contributed by atoms with Crippen molar-refractivity contribution in [1.82, 2.24) is 0 Å². The maximum atomic E-state index is 11.6. The highest BCUT2D eigenvalue weighted by Gasteiger charge is 2.39. The van der Waals surface area contributed by atoms with Gasteiger partial charge in [0, 0.05) is 11.3 Å². The lowest BCUT2D eigenvalue weighted by Crippen LogP contribution is -2.40. The van der Waals surface area contributed by atoms with Crippen molar-refractivity contribution in [2.45, 2.75) is 26.3 Å². The van der Waals surface area contributed by atoms with Crippen LogP contribution in [-0.4, -0.2) is 5.91 Å². The van der Waals surface area contributed by atoms with Crippen molar-refractivity contribution in [3.05, 3.63) is 28.8 Å². The molecule has 0 unspecified atom stereocenters. The zero-order valence-corrected chi connectivity index (χ0v) is 8.64. The average Bonchev–Trinajstić information content (AvgIpc) is 2.33. The number of rotatable bonds is 0. The molecule has 1 aromatic carbocycles. The van der Waals surface area contributed by atoms with Crippen LogP contribution in [0.3, 0.4) is 0 Å². The molecule has 0 aromatic heterocycles. The fourth-order valence-electron chi connectivity index (χ4n) is 1.78. The van der Waals surface area contributed by atoms with Crippen molar-refractivity contribution < 1.29 is 4.79 Å². The van der Waals surface area contributed by atoms with Crippen LogP contribution in [0.25, 0.3) is 0 Å². The van der Waals surface area contributed by atoms with Gasteiger partial charge in [0.05, 0.1) is 0 Å². The molecule has 0 saturated carbocycles. The summed E-state index contributed by atoms with van der Waals surface area (Å²) in [7, 11) is 0. The van der Waals surface area contributed by atoms with E-state index in [-0.39, 0.29) is 5.91 Å². The number of hydrogen-bond acceptors (Lipinski definition) is 2. The lowest BCUT2D eigenvalue weighted by molar-refractivity contribution is -0.120.